The van der Waals surface area contributed by atoms with Crippen LogP contribution in [-0.4, -0.2) is 26.4 Å². The van der Waals surface area contributed by atoms with Gasteiger partial charge in [0.25, 0.3) is 0 Å². The van der Waals surface area contributed by atoms with Gasteiger partial charge in [-0.1, -0.05) is 56.7 Å². The summed E-state index contributed by atoms with van der Waals surface area (Å²) >= 11 is 1.46. The van der Waals surface area contributed by atoms with Crippen LogP contribution in [0, 0.1) is 0 Å². The number of hydrogen-bond donors (Lipinski definition) is 1. The number of benzene rings is 1. The highest BCUT2D eigenvalue weighted by atomic mass is 32.2. The van der Waals surface area contributed by atoms with Crippen LogP contribution >= 0.6 is 11.8 Å². The number of nitrogens with one attached hydrogen (secondary N) is 1. The number of aromatic nitrogens is 3. The van der Waals surface area contributed by atoms with Crippen molar-refractivity contribution in [1.29, 1.82) is 0 Å². The maximum absolute atomic E-state index is 12.5. The molecular weight excluding hydrogens is 344 g/mol. The van der Waals surface area contributed by atoms with Gasteiger partial charge in [-0.25, -0.2) is 0 Å². The number of aryl methyl sites for hydroxylation is 2. The fourth-order valence-electron chi connectivity index (χ4n) is 3.70. The first-order valence-corrected chi connectivity index (χ1v) is 10.5. The molecular formula is C20H28N4OS. The van der Waals surface area contributed by atoms with Crippen molar-refractivity contribution in [3.63, 3.8) is 0 Å². The predicted octanol–water partition coefficient (Wildman–Crippen LogP) is 4.33. The van der Waals surface area contributed by atoms with Gasteiger partial charge in [-0.05, 0) is 36.8 Å². The molecule has 1 saturated carbocycles. The number of nitrogens with zero attached hydrogens (tertiary/aromatic N) is 3. The Balaban J connectivity index is 1.63. The van der Waals surface area contributed by atoms with Gasteiger partial charge < -0.3 is 9.88 Å². The zero-order valence-corrected chi connectivity index (χ0v) is 16.7. The molecule has 0 bridgehead atoms. The Labute approximate surface area is 160 Å². The first kappa shape index (κ1) is 19.0. The molecule has 1 aliphatic rings. The van der Waals surface area contributed by atoms with Crippen molar-refractivity contribution < 1.29 is 4.79 Å². The summed E-state index contributed by atoms with van der Waals surface area (Å²) in [5.41, 5.74) is 3.35. The summed E-state index contributed by atoms with van der Waals surface area (Å²) < 4.78 is 2.06. The maximum Gasteiger partial charge on any atom is 0.234 e. The zero-order chi connectivity index (χ0) is 18.5. The monoisotopic (exact) mass is 372 g/mol. The summed E-state index contributed by atoms with van der Waals surface area (Å²) in [5.74, 6) is 1.95. The summed E-state index contributed by atoms with van der Waals surface area (Å²) in [4.78, 5) is 12.5. The fraction of sp³-hybridized carbons (Fsp3) is 0.550. The van der Waals surface area contributed by atoms with Crippen LogP contribution in [0.5, 0.6) is 0 Å². The molecule has 0 radical (unpaired) electrons. The van der Waals surface area contributed by atoms with E-state index in [1.807, 2.05) is 7.05 Å². The van der Waals surface area contributed by atoms with Crippen molar-refractivity contribution in [2.24, 2.45) is 7.05 Å². The number of carbonyl (C=O) groups excluding carboxylic acids is 1. The van der Waals surface area contributed by atoms with Crippen LogP contribution in [0.25, 0.3) is 0 Å². The number of carbonyl (C=O) groups is 1. The Morgan fingerprint density at radius 2 is 1.85 bits per heavy atom. The second kappa shape index (κ2) is 8.71. The standard InChI is InChI=1S/C20H28N4OS/c1-4-14-11-8-12-15(5-2)18(14)21-17(25)13-26-20-23-22-19(24(20)3)16-9-6-7-10-16/h8,11-12,16H,4-7,9-10,13H2,1-3H3,(H,21,25). The number of hydrogen-bond acceptors (Lipinski definition) is 4. The molecule has 0 atom stereocenters. The van der Waals surface area contributed by atoms with Gasteiger partial charge in [-0.15, -0.1) is 10.2 Å². The van der Waals surface area contributed by atoms with Gasteiger partial charge in [-0.2, -0.15) is 0 Å². The van der Waals surface area contributed by atoms with Crippen LogP contribution in [0.3, 0.4) is 0 Å². The molecule has 1 heterocycles. The van der Waals surface area contributed by atoms with Gasteiger partial charge in [0.2, 0.25) is 5.91 Å². The topological polar surface area (TPSA) is 59.8 Å². The van der Waals surface area contributed by atoms with Gasteiger partial charge in [0, 0.05) is 18.7 Å². The average molecular weight is 373 g/mol. The Morgan fingerprint density at radius 1 is 1.19 bits per heavy atom. The van der Waals surface area contributed by atoms with E-state index in [-0.39, 0.29) is 5.91 Å². The van der Waals surface area contributed by atoms with Crippen LogP contribution in [0.1, 0.15) is 62.4 Å². The van der Waals surface area contributed by atoms with Gasteiger partial charge in [-0.3, -0.25) is 4.79 Å². The second-order valence-corrected chi connectivity index (χ2v) is 7.82. The van der Waals surface area contributed by atoms with Crippen molar-refractivity contribution in [3.05, 3.63) is 35.2 Å². The molecule has 5 nitrogen and oxygen atoms in total. The summed E-state index contributed by atoms with van der Waals surface area (Å²) in [6.45, 7) is 4.23. The first-order valence-electron chi connectivity index (χ1n) is 9.56. The Kier molecular flexibility index (Phi) is 6.35. The number of para-hydroxylation sites is 1. The molecule has 0 saturated heterocycles. The lowest BCUT2D eigenvalue weighted by Crippen LogP contribution is -2.17. The molecule has 0 aliphatic heterocycles. The summed E-state index contributed by atoms with van der Waals surface area (Å²) in [6, 6.07) is 6.23. The molecule has 0 unspecified atom stereocenters. The third kappa shape index (κ3) is 4.11. The van der Waals surface area contributed by atoms with Crippen molar-refractivity contribution >= 4 is 23.4 Å². The van der Waals surface area contributed by atoms with Crippen molar-refractivity contribution in [2.45, 2.75) is 63.4 Å². The van der Waals surface area contributed by atoms with Crippen LogP contribution in [0.15, 0.2) is 23.4 Å². The Hall–Kier alpha value is -1.82. The first-order chi connectivity index (χ1) is 12.6. The van der Waals surface area contributed by atoms with Gasteiger partial charge >= 0.3 is 0 Å². The Bertz CT molecular complexity index is 743. The number of thioether (sulfide) groups is 1. The van der Waals surface area contributed by atoms with E-state index in [9.17, 15) is 4.79 Å². The van der Waals surface area contributed by atoms with E-state index < -0.39 is 0 Å². The fourth-order valence-corrected chi connectivity index (χ4v) is 4.42. The SMILES string of the molecule is CCc1cccc(CC)c1NC(=O)CSc1nnc(C2CCCC2)n1C. The second-order valence-electron chi connectivity index (χ2n) is 6.88. The molecule has 1 N–H and O–H groups in total. The zero-order valence-electron chi connectivity index (χ0n) is 15.9. The van der Waals surface area contributed by atoms with E-state index in [1.54, 1.807) is 0 Å². The molecule has 1 aliphatic carbocycles. The third-order valence-electron chi connectivity index (χ3n) is 5.18. The molecule has 1 aromatic carbocycles. The molecule has 26 heavy (non-hydrogen) atoms. The van der Waals surface area contributed by atoms with E-state index in [2.05, 4.69) is 52.1 Å². The molecule has 2 aromatic rings. The van der Waals surface area contributed by atoms with Crippen LogP contribution in [0.4, 0.5) is 5.69 Å². The van der Waals surface area contributed by atoms with Gasteiger partial charge in [0.1, 0.15) is 5.82 Å². The van der Waals surface area contributed by atoms with E-state index in [0.717, 1.165) is 29.5 Å². The van der Waals surface area contributed by atoms with Crippen molar-refractivity contribution in [3.8, 4) is 0 Å². The molecule has 140 valence electrons. The summed E-state index contributed by atoms with van der Waals surface area (Å²) in [6.07, 6.45) is 6.77. The smallest absolute Gasteiger partial charge is 0.234 e. The number of rotatable bonds is 7. The number of amides is 1. The van der Waals surface area contributed by atoms with Crippen molar-refractivity contribution in [2.75, 3.05) is 11.1 Å². The molecule has 6 heteroatoms. The van der Waals surface area contributed by atoms with E-state index in [1.165, 1.54) is 48.6 Å². The lowest BCUT2D eigenvalue weighted by Gasteiger charge is -2.14. The normalized spacial score (nSPS) is 14.7. The molecule has 1 fully saturated rings. The minimum absolute atomic E-state index is 0.0102. The lowest BCUT2D eigenvalue weighted by molar-refractivity contribution is -0.113. The third-order valence-corrected chi connectivity index (χ3v) is 6.20. The molecule has 3 rings (SSSR count). The molecule has 1 aromatic heterocycles. The van der Waals surface area contributed by atoms with E-state index >= 15 is 0 Å². The largest absolute Gasteiger partial charge is 0.325 e. The van der Waals surface area contributed by atoms with Crippen molar-refractivity contribution in [1.82, 2.24) is 14.8 Å². The van der Waals surface area contributed by atoms with Gasteiger partial charge in [0.05, 0.1) is 5.75 Å². The quantitative estimate of drug-likeness (QED) is 0.735. The predicted molar refractivity (Wildman–Crippen MR) is 107 cm³/mol. The highest BCUT2D eigenvalue weighted by molar-refractivity contribution is 7.99. The van der Waals surface area contributed by atoms with E-state index in [0.29, 0.717) is 11.7 Å². The number of anilines is 1. The lowest BCUT2D eigenvalue weighted by atomic mass is 10.0. The average Bonchev–Trinajstić information content (AvgIpc) is 3.30. The molecule has 0 spiro atoms. The highest BCUT2D eigenvalue weighted by Gasteiger charge is 2.23. The maximum atomic E-state index is 12.5. The minimum atomic E-state index is 0.0102. The molecule has 1 amide bonds. The van der Waals surface area contributed by atoms with Crippen LogP contribution in [0.2, 0.25) is 0 Å². The summed E-state index contributed by atoms with van der Waals surface area (Å²) in [5, 5.41) is 12.6. The van der Waals surface area contributed by atoms with Gasteiger partial charge in [0.15, 0.2) is 5.16 Å². The van der Waals surface area contributed by atoms with Crippen LogP contribution < -0.4 is 5.32 Å². The minimum Gasteiger partial charge on any atom is -0.325 e. The Morgan fingerprint density at radius 3 is 2.46 bits per heavy atom. The van der Waals surface area contributed by atoms with E-state index in [4.69, 9.17) is 0 Å². The summed E-state index contributed by atoms with van der Waals surface area (Å²) in [7, 11) is 2.01. The highest BCUT2D eigenvalue weighted by Crippen LogP contribution is 2.34. The van der Waals surface area contributed by atoms with Crippen LogP contribution in [-0.2, 0) is 24.7 Å².